The van der Waals surface area contributed by atoms with Crippen molar-refractivity contribution in [1.29, 1.82) is 0 Å². The van der Waals surface area contributed by atoms with Crippen LogP contribution in [0.15, 0.2) is 29.2 Å². The minimum Gasteiger partial charge on any atom is -0.356 e. The van der Waals surface area contributed by atoms with E-state index in [-0.39, 0.29) is 5.91 Å². The quantitative estimate of drug-likeness (QED) is 0.777. The van der Waals surface area contributed by atoms with Gasteiger partial charge in [0.25, 0.3) is 0 Å². The summed E-state index contributed by atoms with van der Waals surface area (Å²) in [7, 11) is 0. The van der Waals surface area contributed by atoms with Crippen molar-refractivity contribution < 1.29 is 4.79 Å². The zero-order valence-electron chi connectivity index (χ0n) is 9.25. The van der Waals surface area contributed by atoms with Crippen molar-refractivity contribution in [3.63, 3.8) is 0 Å². The fourth-order valence-electron chi connectivity index (χ4n) is 1.18. The molecule has 0 atom stereocenters. The summed E-state index contributed by atoms with van der Waals surface area (Å²) in [6, 6.07) is 8.37. The highest BCUT2D eigenvalue weighted by molar-refractivity contribution is 7.99. The van der Waals surface area contributed by atoms with E-state index < -0.39 is 0 Å². The third-order valence-electron chi connectivity index (χ3n) is 1.99. The van der Waals surface area contributed by atoms with Gasteiger partial charge in [0.05, 0.1) is 0 Å². The average molecular weight is 223 g/mol. The van der Waals surface area contributed by atoms with Gasteiger partial charge in [0, 0.05) is 23.6 Å². The Kier molecular flexibility index (Phi) is 5.26. The van der Waals surface area contributed by atoms with Crippen molar-refractivity contribution in [3.8, 4) is 0 Å². The first-order chi connectivity index (χ1) is 7.22. The van der Waals surface area contributed by atoms with E-state index in [1.165, 1.54) is 10.5 Å². The second kappa shape index (κ2) is 6.51. The molecule has 0 aliphatic carbocycles. The van der Waals surface area contributed by atoms with Gasteiger partial charge in [-0.25, -0.2) is 0 Å². The maximum Gasteiger partial charge on any atom is 0.220 e. The molecule has 1 rings (SSSR count). The number of benzene rings is 1. The summed E-state index contributed by atoms with van der Waals surface area (Å²) in [5, 5.41) is 2.79. The van der Waals surface area contributed by atoms with E-state index >= 15 is 0 Å². The van der Waals surface area contributed by atoms with Crippen LogP contribution in [-0.4, -0.2) is 18.2 Å². The summed E-state index contributed by atoms with van der Waals surface area (Å²) < 4.78 is 0. The first kappa shape index (κ1) is 12.1. The van der Waals surface area contributed by atoms with E-state index in [0.29, 0.717) is 13.0 Å². The Morgan fingerprint density at radius 3 is 2.60 bits per heavy atom. The highest BCUT2D eigenvalue weighted by Crippen LogP contribution is 2.18. The van der Waals surface area contributed by atoms with E-state index in [2.05, 4.69) is 36.5 Å². The Labute approximate surface area is 95.5 Å². The van der Waals surface area contributed by atoms with Gasteiger partial charge in [-0.05, 0) is 26.0 Å². The van der Waals surface area contributed by atoms with Crippen LogP contribution in [0, 0.1) is 6.92 Å². The number of amides is 1. The van der Waals surface area contributed by atoms with Gasteiger partial charge in [-0.2, -0.15) is 0 Å². The maximum absolute atomic E-state index is 11.2. The molecule has 0 saturated heterocycles. The molecular weight excluding hydrogens is 206 g/mol. The number of hydrogen-bond donors (Lipinski definition) is 1. The highest BCUT2D eigenvalue weighted by Gasteiger charge is 1.99. The minimum atomic E-state index is 0.136. The molecule has 0 spiro atoms. The molecule has 2 nitrogen and oxygen atoms in total. The van der Waals surface area contributed by atoms with Crippen LogP contribution in [0.2, 0.25) is 0 Å². The molecule has 0 fully saturated rings. The Morgan fingerprint density at radius 2 is 2.00 bits per heavy atom. The van der Waals surface area contributed by atoms with Crippen molar-refractivity contribution in [1.82, 2.24) is 5.32 Å². The molecule has 0 radical (unpaired) electrons. The van der Waals surface area contributed by atoms with E-state index in [1.54, 1.807) is 11.8 Å². The molecule has 0 saturated carbocycles. The summed E-state index contributed by atoms with van der Waals surface area (Å²) in [6.45, 7) is 4.72. The third-order valence-corrected chi connectivity index (χ3v) is 3.01. The number of rotatable bonds is 5. The van der Waals surface area contributed by atoms with Gasteiger partial charge < -0.3 is 5.32 Å². The molecule has 0 aliphatic rings. The van der Waals surface area contributed by atoms with Gasteiger partial charge in [0.1, 0.15) is 0 Å². The zero-order chi connectivity index (χ0) is 11.1. The highest BCUT2D eigenvalue weighted by atomic mass is 32.2. The molecule has 1 aromatic carbocycles. The van der Waals surface area contributed by atoms with Crippen LogP contribution in [0.3, 0.4) is 0 Å². The number of thioether (sulfide) groups is 1. The van der Waals surface area contributed by atoms with Crippen molar-refractivity contribution in [2.75, 3.05) is 12.3 Å². The largest absolute Gasteiger partial charge is 0.356 e. The molecule has 0 bridgehead atoms. The number of nitrogens with one attached hydrogen (secondary N) is 1. The Bertz CT molecular complexity index is 308. The number of aryl methyl sites for hydroxylation is 1. The predicted molar refractivity (Wildman–Crippen MR) is 65.2 cm³/mol. The van der Waals surface area contributed by atoms with E-state index in [4.69, 9.17) is 0 Å². The van der Waals surface area contributed by atoms with Crippen molar-refractivity contribution in [2.45, 2.75) is 25.2 Å². The molecule has 1 N–H and O–H groups in total. The normalized spacial score (nSPS) is 10.0. The van der Waals surface area contributed by atoms with Gasteiger partial charge in [-0.15, -0.1) is 11.8 Å². The molecular formula is C12H17NOS. The van der Waals surface area contributed by atoms with Crippen LogP contribution in [0.4, 0.5) is 0 Å². The summed E-state index contributed by atoms with van der Waals surface area (Å²) >= 11 is 1.72. The van der Waals surface area contributed by atoms with Gasteiger partial charge in [-0.3, -0.25) is 4.79 Å². The first-order valence-corrected chi connectivity index (χ1v) is 6.17. The lowest BCUT2D eigenvalue weighted by Crippen LogP contribution is -2.22. The summed E-state index contributed by atoms with van der Waals surface area (Å²) in [4.78, 5) is 12.4. The molecule has 15 heavy (non-hydrogen) atoms. The average Bonchev–Trinajstić information content (AvgIpc) is 2.21. The minimum absolute atomic E-state index is 0.136. The molecule has 0 heterocycles. The number of carbonyl (C=O) groups is 1. The Hall–Kier alpha value is -0.960. The van der Waals surface area contributed by atoms with Gasteiger partial charge in [-0.1, -0.05) is 17.7 Å². The summed E-state index contributed by atoms with van der Waals surface area (Å²) in [5.41, 5.74) is 1.27. The lowest BCUT2D eigenvalue weighted by Gasteiger charge is -2.02. The van der Waals surface area contributed by atoms with Gasteiger partial charge >= 0.3 is 0 Å². The Balaban J connectivity index is 2.26. The van der Waals surface area contributed by atoms with Crippen molar-refractivity contribution in [2.24, 2.45) is 0 Å². The van der Waals surface area contributed by atoms with Crippen LogP contribution in [-0.2, 0) is 4.79 Å². The van der Waals surface area contributed by atoms with Gasteiger partial charge in [0.2, 0.25) is 5.91 Å². The standard InChI is InChI=1S/C12H17NOS/c1-3-13-12(14)8-9-15-11-6-4-10(2)5-7-11/h4-7H,3,8-9H2,1-2H3,(H,13,14). The van der Waals surface area contributed by atoms with Crippen molar-refractivity contribution >= 4 is 17.7 Å². The lowest BCUT2D eigenvalue weighted by molar-refractivity contribution is -0.120. The SMILES string of the molecule is CCNC(=O)CCSc1ccc(C)cc1. The third kappa shape index (κ3) is 4.88. The molecule has 1 amide bonds. The van der Waals surface area contributed by atoms with Crippen LogP contribution in [0.1, 0.15) is 18.9 Å². The predicted octanol–water partition coefficient (Wildman–Crippen LogP) is 2.61. The number of carbonyl (C=O) groups excluding carboxylic acids is 1. The lowest BCUT2D eigenvalue weighted by atomic mass is 10.2. The van der Waals surface area contributed by atoms with E-state index in [1.807, 2.05) is 6.92 Å². The smallest absolute Gasteiger partial charge is 0.220 e. The Morgan fingerprint density at radius 1 is 1.33 bits per heavy atom. The van der Waals surface area contributed by atoms with E-state index in [0.717, 1.165) is 5.75 Å². The topological polar surface area (TPSA) is 29.1 Å². The summed E-state index contributed by atoms with van der Waals surface area (Å²) in [5.74, 6) is 0.978. The molecule has 1 aromatic rings. The van der Waals surface area contributed by atoms with Crippen LogP contribution in [0.25, 0.3) is 0 Å². The van der Waals surface area contributed by atoms with Gasteiger partial charge in [0.15, 0.2) is 0 Å². The molecule has 0 unspecified atom stereocenters. The summed E-state index contributed by atoms with van der Waals surface area (Å²) in [6.07, 6.45) is 0.590. The van der Waals surface area contributed by atoms with E-state index in [9.17, 15) is 4.79 Å². The fraction of sp³-hybridized carbons (Fsp3) is 0.417. The van der Waals surface area contributed by atoms with Crippen LogP contribution >= 0.6 is 11.8 Å². The fourth-order valence-corrected chi connectivity index (χ4v) is 2.03. The second-order valence-corrected chi connectivity index (χ2v) is 4.53. The first-order valence-electron chi connectivity index (χ1n) is 5.18. The van der Waals surface area contributed by atoms with Crippen LogP contribution < -0.4 is 5.32 Å². The molecule has 0 aliphatic heterocycles. The molecule has 82 valence electrons. The number of hydrogen-bond acceptors (Lipinski definition) is 2. The van der Waals surface area contributed by atoms with Crippen molar-refractivity contribution in [3.05, 3.63) is 29.8 Å². The van der Waals surface area contributed by atoms with Crippen LogP contribution in [0.5, 0.6) is 0 Å². The molecule has 0 aromatic heterocycles. The molecule has 3 heteroatoms. The maximum atomic E-state index is 11.2. The zero-order valence-corrected chi connectivity index (χ0v) is 10.1. The monoisotopic (exact) mass is 223 g/mol. The second-order valence-electron chi connectivity index (χ2n) is 3.37.